The number of carbonyl (C=O) groups excluding carboxylic acids is 1. The van der Waals surface area contributed by atoms with Crippen LogP contribution in [-0.4, -0.2) is 33.1 Å². The summed E-state index contributed by atoms with van der Waals surface area (Å²) < 4.78 is 0. The number of hydrogen-bond donors (Lipinski definition) is 2. The Bertz CT molecular complexity index is 485. The van der Waals surface area contributed by atoms with E-state index in [1.54, 1.807) is 0 Å². The summed E-state index contributed by atoms with van der Waals surface area (Å²) in [5.41, 5.74) is 0.233. The van der Waals surface area contributed by atoms with Crippen molar-refractivity contribution in [1.29, 1.82) is 0 Å². The largest absolute Gasteiger partial charge is 0.393 e. The second kappa shape index (κ2) is 6.50. The van der Waals surface area contributed by atoms with Crippen molar-refractivity contribution < 1.29 is 9.90 Å². The number of nitrogens with one attached hydrogen (secondary N) is 1. The van der Waals surface area contributed by atoms with Crippen LogP contribution in [0.4, 0.5) is 0 Å². The van der Waals surface area contributed by atoms with Gasteiger partial charge in [-0.2, -0.15) is 0 Å². The number of amides is 1. The topological polar surface area (TPSA) is 75.1 Å². The first-order valence-corrected chi connectivity index (χ1v) is 7.36. The lowest BCUT2D eigenvalue weighted by Crippen LogP contribution is -2.39. The standard InChI is InChI=1S/C14H20ClN3O2/c1-8(2)13-16-7-11(15)12(18-13)14(20)17-9-3-5-10(19)6-4-9/h7-10,19H,3-6H2,1-2H3,(H,17,20). The van der Waals surface area contributed by atoms with Crippen LogP contribution in [-0.2, 0) is 0 Å². The van der Waals surface area contributed by atoms with Crippen LogP contribution in [0.15, 0.2) is 6.20 Å². The van der Waals surface area contributed by atoms with Gasteiger partial charge in [-0.05, 0) is 25.7 Å². The third-order valence-electron chi connectivity index (χ3n) is 3.53. The van der Waals surface area contributed by atoms with Gasteiger partial charge in [0.25, 0.3) is 5.91 Å². The summed E-state index contributed by atoms with van der Waals surface area (Å²) in [5, 5.41) is 12.7. The van der Waals surface area contributed by atoms with Gasteiger partial charge in [0.1, 0.15) is 11.5 Å². The van der Waals surface area contributed by atoms with Gasteiger partial charge in [0.15, 0.2) is 0 Å². The molecule has 2 rings (SSSR count). The number of hydrogen-bond acceptors (Lipinski definition) is 4. The molecule has 1 aliphatic carbocycles. The van der Waals surface area contributed by atoms with E-state index in [-0.39, 0.29) is 34.7 Å². The van der Waals surface area contributed by atoms with Crippen LogP contribution < -0.4 is 5.32 Å². The zero-order valence-electron chi connectivity index (χ0n) is 11.8. The lowest BCUT2D eigenvalue weighted by atomic mass is 9.93. The minimum Gasteiger partial charge on any atom is -0.393 e. The molecule has 0 saturated heterocycles. The third-order valence-corrected chi connectivity index (χ3v) is 3.80. The van der Waals surface area contributed by atoms with Gasteiger partial charge in [-0.15, -0.1) is 0 Å². The second-order valence-corrected chi connectivity index (χ2v) is 5.97. The predicted octanol–water partition coefficient (Wildman–Crippen LogP) is 2.29. The SMILES string of the molecule is CC(C)c1ncc(Cl)c(C(=O)NC2CCC(O)CC2)n1. The zero-order valence-corrected chi connectivity index (χ0v) is 12.5. The molecule has 0 bridgehead atoms. The highest BCUT2D eigenvalue weighted by molar-refractivity contribution is 6.33. The lowest BCUT2D eigenvalue weighted by molar-refractivity contribution is 0.0863. The third kappa shape index (κ3) is 3.67. The second-order valence-electron chi connectivity index (χ2n) is 5.56. The highest BCUT2D eigenvalue weighted by Gasteiger charge is 2.23. The minimum atomic E-state index is -0.263. The molecule has 0 unspecified atom stereocenters. The molecule has 1 aliphatic rings. The monoisotopic (exact) mass is 297 g/mol. The Morgan fingerprint density at radius 3 is 2.65 bits per heavy atom. The fourth-order valence-corrected chi connectivity index (χ4v) is 2.47. The minimum absolute atomic E-state index is 0.0828. The Morgan fingerprint density at radius 1 is 1.40 bits per heavy atom. The van der Waals surface area contributed by atoms with Crippen LogP contribution in [0.1, 0.15) is 61.8 Å². The van der Waals surface area contributed by atoms with Gasteiger partial charge in [-0.1, -0.05) is 25.4 Å². The molecule has 0 atom stereocenters. The van der Waals surface area contributed by atoms with Gasteiger partial charge in [0, 0.05) is 12.0 Å². The number of aromatic nitrogens is 2. The summed E-state index contributed by atoms with van der Waals surface area (Å²) >= 11 is 6.01. The summed E-state index contributed by atoms with van der Waals surface area (Å²) in [7, 11) is 0. The summed E-state index contributed by atoms with van der Waals surface area (Å²) in [5.74, 6) is 0.489. The Hall–Kier alpha value is -1.20. The normalized spacial score (nSPS) is 22.9. The first-order chi connectivity index (χ1) is 9.47. The fraction of sp³-hybridized carbons (Fsp3) is 0.643. The number of aliphatic hydroxyl groups excluding tert-OH is 1. The van der Waals surface area contributed by atoms with E-state index < -0.39 is 0 Å². The zero-order chi connectivity index (χ0) is 14.7. The molecule has 1 fully saturated rings. The molecule has 0 aliphatic heterocycles. The van der Waals surface area contributed by atoms with E-state index in [2.05, 4.69) is 15.3 Å². The maximum atomic E-state index is 12.2. The van der Waals surface area contributed by atoms with Gasteiger partial charge in [0.05, 0.1) is 17.3 Å². The van der Waals surface area contributed by atoms with E-state index in [1.807, 2.05) is 13.8 Å². The van der Waals surface area contributed by atoms with Crippen molar-refractivity contribution in [2.24, 2.45) is 0 Å². The maximum absolute atomic E-state index is 12.2. The molecule has 1 heterocycles. The average Bonchev–Trinajstić information content (AvgIpc) is 2.41. The number of halogens is 1. The van der Waals surface area contributed by atoms with Crippen LogP contribution >= 0.6 is 11.6 Å². The van der Waals surface area contributed by atoms with Gasteiger partial charge in [-0.3, -0.25) is 4.79 Å². The van der Waals surface area contributed by atoms with Gasteiger partial charge in [-0.25, -0.2) is 9.97 Å². The molecular formula is C14H20ClN3O2. The molecular weight excluding hydrogens is 278 g/mol. The van der Waals surface area contributed by atoms with E-state index in [4.69, 9.17) is 11.6 Å². The molecule has 20 heavy (non-hydrogen) atoms. The molecule has 110 valence electrons. The number of aliphatic hydroxyl groups is 1. The highest BCUT2D eigenvalue weighted by Crippen LogP contribution is 2.20. The van der Waals surface area contributed by atoms with Crippen molar-refractivity contribution in [2.45, 2.75) is 57.6 Å². The van der Waals surface area contributed by atoms with E-state index >= 15 is 0 Å². The van der Waals surface area contributed by atoms with Crippen molar-refractivity contribution in [2.75, 3.05) is 0 Å². The molecule has 2 N–H and O–H groups in total. The van der Waals surface area contributed by atoms with Gasteiger partial charge < -0.3 is 10.4 Å². The number of nitrogens with zero attached hydrogens (tertiary/aromatic N) is 2. The summed E-state index contributed by atoms with van der Waals surface area (Å²) in [6, 6.07) is 0.0828. The first kappa shape index (κ1) is 15.2. The van der Waals surface area contributed by atoms with Crippen molar-refractivity contribution in [1.82, 2.24) is 15.3 Å². The number of rotatable bonds is 3. The molecule has 0 spiro atoms. The summed E-state index contributed by atoms with van der Waals surface area (Å²) in [6.07, 6.45) is 4.25. The molecule has 1 saturated carbocycles. The predicted molar refractivity (Wildman–Crippen MR) is 76.9 cm³/mol. The van der Waals surface area contributed by atoms with Crippen LogP contribution in [0, 0.1) is 0 Å². The molecule has 0 radical (unpaired) electrons. The van der Waals surface area contributed by atoms with Gasteiger partial charge >= 0.3 is 0 Å². The van der Waals surface area contributed by atoms with Crippen molar-refractivity contribution in [3.05, 3.63) is 22.7 Å². The molecule has 5 nitrogen and oxygen atoms in total. The van der Waals surface area contributed by atoms with Gasteiger partial charge in [0.2, 0.25) is 0 Å². The Morgan fingerprint density at radius 2 is 2.05 bits per heavy atom. The Balaban J connectivity index is 2.07. The smallest absolute Gasteiger partial charge is 0.271 e. The Labute approximate surface area is 123 Å². The van der Waals surface area contributed by atoms with Crippen molar-refractivity contribution in [3.63, 3.8) is 0 Å². The maximum Gasteiger partial charge on any atom is 0.271 e. The van der Waals surface area contributed by atoms with E-state index in [0.717, 1.165) is 25.7 Å². The van der Waals surface area contributed by atoms with Crippen LogP contribution in [0.5, 0.6) is 0 Å². The quantitative estimate of drug-likeness (QED) is 0.897. The van der Waals surface area contributed by atoms with Crippen molar-refractivity contribution in [3.8, 4) is 0 Å². The fourth-order valence-electron chi connectivity index (χ4n) is 2.29. The van der Waals surface area contributed by atoms with Crippen LogP contribution in [0.2, 0.25) is 5.02 Å². The lowest BCUT2D eigenvalue weighted by Gasteiger charge is -2.26. The average molecular weight is 298 g/mol. The molecule has 6 heteroatoms. The van der Waals surface area contributed by atoms with Crippen LogP contribution in [0.3, 0.4) is 0 Å². The first-order valence-electron chi connectivity index (χ1n) is 6.98. The molecule has 0 aromatic carbocycles. The van der Waals surface area contributed by atoms with E-state index in [0.29, 0.717) is 5.82 Å². The number of carbonyl (C=O) groups is 1. The summed E-state index contributed by atoms with van der Waals surface area (Å²) in [4.78, 5) is 20.6. The molecule has 1 amide bonds. The molecule has 1 aromatic rings. The molecule has 1 aromatic heterocycles. The highest BCUT2D eigenvalue weighted by atomic mass is 35.5. The Kier molecular flexibility index (Phi) is 4.94. The van der Waals surface area contributed by atoms with E-state index in [1.165, 1.54) is 6.20 Å². The summed E-state index contributed by atoms with van der Waals surface area (Å²) in [6.45, 7) is 3.93. The van der Waals surface area contributed by atoms with Crippen molar-refractivity contribution >= 4 is 17.5 Å². The van der Waals surface area contributed by atoms with E-state index in [9.17, 15) is 9.90 Å². The van der Waals surface area contributed by atoms with Crippen LogP contribution in [0.25, 0.3) is 0 Å².